The largest absolute Gasteiger partial charge is 0.383 e. The molecule has 31 heavy (non-hydrogen) atoms. The second kappa shape index (κ2) is 10.9. The van der Waals surface area contributed by atoms with Crippen LogP contribution in [0.2, 0.25) is 0 Å². The average molecular weight is 442 g/mol. The molecule has 1 atom stereocenters. The highest BCUT2D eigenvalue weighted by molar-refractivity contribution is 7.09. The van der Waals surface area contributed by atoms with E-state index in [4.69, 9.17) is 9.72 Å². The first-order valence-corrected chi connectivity index (χ1v) is 12.2. The molecule has 1 N–H and O–H groups in total. The number of nitrogens with one attached hydrogen (secondary N) is 1. The molecule has 2 heterocycles. The molecule has 6 heteroatoms. The summed E-state index contributed by atoms with van der Waals surface area (Å²) in [5, 5.41) is 5.24. The van der Waals surface area contributed by atoms with Gasteiger partial charge in [-0.2, -0.15) is 0 Å². The van der Waals surface area contributed by atoms with Crippen molar-refractivity contribution < 1.29 is 9.53 Å². The highest BCUT2D eigenvalue weighted by Gasteiger charge is 2.20. The molecule has 1 amide bonds. The Balaban J connectivity index is 1.93. The van der Waals surface area contributed by atoms with E-state index in [2.05, 4.69) is 61.2 Å². The van der Waals surface area contributed by atoms with Crippen LogP contribution < -0.4 is 5.32 Å². The maximum Gasteiger partial charge on any atom is 0.251 e. The summed E-state index contributed by atoms with van der Waals surface area (Å²) in [4.78, 5) is 19.2. The third-order valence-corrected chi connectivity index (χ3v) is 6.58. The van der Waals surface area contributed by atoms with E-state index in [0.717, 1.165) is 42.5 Å². The van der Waals surface area contributed by atoms with Gasteiger partial charge in [0.05, 0.1) is 23.7 Å². The van der Waals surface area contributed by atoms with E-state index in [-0.39, 0.29) is 11.9 Å². The number of imidazole rings is 1. The summed E-state index contributed by atoms with van der Waals surface area (Å²) in [6.45, 7) is 9.27. The van der Waals surface area contributed by atoms with E-state index in [0.29, 0.717) is 24.1 Å². The maximum absolute atomic E-state index is 12.9. The van der Waals surface area contributed by atoms with Crippen LogP contribution in [0.1, 0.15) is 74.1 Å². The number of rotatable bonds is 11. The van der Waals surface area contributed by atoms with Gasteiger partial charge in [0, 0.05) is 30.0 Å². The summed E-state index contributed by atoms with van der Waals surface area (Å²) in [6, 6.07) is 10.6. The van der Waals surface area contributed by atoms with E-state index in [1.807, 2.05) is 12.1 Å². The average Bonchev–Trinajstić information content (AvgIpc) is 3.36. The van der Waals surface area contributed by atoms with E-state index in [9.17, 15) is 4.79 Å². The fourth-order valence-electron chi connectivity index (χ4n) is 4.25. The Labute approximate surface area is 189 Å². The van der Waals surface area contributed by atoms with Crippen LogP contribution >= 0.6 is 11.3 Å². The topological polar surface area (TPSA) is 56.2 Å². The SMILES string of the molecule is CCC(CC)n1c(Cc2cccs2)nc2cc(C(=O)N[C@H](COC)CC(C)C)ccc21. The Bertz CT molecular complexity index is 974. The normalized spacial score (nSPS) is 12.7. The lowest BCUT2D eigenvalue weighted by molar-refractivity contribution is 0.0884. The summed E-state index contributed by atoms with van der Waals surface area (Å²) in [5.41, 5.74) is 2.64. The third kappa shape index (κ3) is 5.74. The number of fused-ring (bicyclic) bond motifs is 1. The monoisotopic (exact) mass is 441 g/mol. The Morgan fingerprint density at radius 2 is 2.00 bits per heavy atom. The van der Waals surface area contributed by atoms with Gasteiger partial charge in [0.2, 0.25) is 0 Å². The van der Waals surface area contributed by atoms with Crippen LogP contribution in [0.15, 0.2) is 35.7 Å². The fourth-order valence-corrected chi connectivity index (χ4v) is 4.95. The minimum atomic E-state index is -0.0681. The first-order valence-electron chi connectivity index (χ1n) is 11.3. The van der Waals surface area contributed by atoms with Crippen molar-refractivity contribution >= 4 is 28.3 Å². The summed E-state index contributed by atoms with van der Waals surface area (Å²) >= 11 is 1.76. The van der Waals surface area contributed by atoms with Gasteiger partial charge in [-0.25, -0.2) is 4.98 Å². The number of benzene rings is 1. The predicted octanol–water partition coefficient (Wildman–Crippen LogP) is 5.84. The molecule has 0 aliphatic heterocycles. The Kier molecular flexibility index (Phi) is 8.27. The molecule has 0 saturated heterocycles. The zero-order chi connectivity index (χ0) is 22.4. The standard InChI is InChI=1S/C25H35N3O2S/c1-6-20(7-2)28-23-11-10-18(25(29)26-19(16-30-5)13-17(3)4)14-22(23)27-24(28)15-21-9-8-12-31-21/h8-12,14,17,19-20H,6-7,13,15-16H2,1-5H3,(H,26,29)/t19-/m0/s1. The highest BCUT2D eigenvalue weighted by Crippen LogP contribution is 2.28. The van der Waals surface area contributed by atoms with Crippen molar-refractivity contribution in [3.8, 4) is 0 Å². The number of thiophene rings is 1. The Morgan fingerprint density at radius 3 is 2.61 bits per heavy atom. The van der Waals surface area contributed by atoms with Crippen molar-refractivity contribution in [1.29, 1.82) is 0 Å². The molecule has 0 aliphatic carbocycles. The minimum Gasteiger partial charge on any atom is -0.383 e. The van der Waals surface area contributed by atoms with Gasteiger partial charge in [0.25, 0.3) is 5.91 Å². The Hall–Kier alpha value is -2.18. The molecule has 0 radical (unpaired) electrons. The molecule has 3 aromatic rings. The zero-order valence-corrected chi connectivity index (χ0v) is 20.2. The van der Waals surface area contributed by atoms with E-state index < -0.39 is 0 Å². The maximum atomic E-state index is 12.9. The van der Waals surface area contributed by atoms with Gasteiger partial charge in [-0.3, -0.25) is 4.79 Å². The molecule has 0 aliphatic rings. The number of nitrogens with zero attached hydrogens (tertiary/aromatic N) is 2. The number of amides is 1. The van der Waals surface area contributed by atoms with Gasteiger partial charge < -0.3 is 14.6 Å². The number of aromatic nitrogens is 2. The van der Waals surface area contributed by atoms with E-state index in [1.54, 1.807) is 18.4 Å². The molecule has 0 bridgehead atoms. The number of hydrogen-bond donors (Lipinski definition) is 1. The molecule has 3 rings (SSSR count). The molecule has 0 unspecified atom stereocenters. The molecule has 5 nitrogen and oxygen atoms in total. The number of carbonyl (C=O) groups excluding carboxylic acids is 1. The second-order valence-electron chi connectivity index (χ2n) is 8.58. The number of methoxy groups -OCH3 is 1. The smallest absolute Gasteiger partial charge is 0.251 e. The number of ether oxygens (including phenoxy) is 1. The molecule has 168 valence electrons. The molecular weight excluding hydrogens is 406 g/mol. The first-order chi connectivity index (χ1) is 15.0. The van der Waals surface area contributed by atoms with Crippen LogP contribution in [0.25, 0.3) is 11.0 Å². The van der Waals surface area contributed by atoms with Crippen LogP contribution in [0.5, 0.6) is 0 Å². The molecule has 2 aromatic heterocycles. The zero-order valence-electron chi connectivity index (χ0n) is 19.4. The molecule has 1 aromatic carbocycles. The van der Waals surface area contributed by atoms with Crippen molar-refractivity contribution in [3.63, 3.8) is 0 Å². The summed E-state index contributed by atoms with van der Waals surface area (Å²) in [7, 11) is 1.67. The summed E-state index contributed by atoms with van der Waals surface area (Å²) < 4.78 is 7.68. The van der Waals surface area contributed by atoms with Crippen molar-refractivity contribution in [2.75, 3.05) is 13.7 Å². The van der Waals surface area contributed by atoms with Gasteiger partial charge in [-0.05, 0) is 54.8 Å². The Morgan fingerprint density at radius 1 is 1.23 bits per heavy atom. The van der Waals surface area contributed by atoms with Crippen LogP contribution in [0.4, 0.5) is 0 Å². The van der Waals surface area contributed by atoms with Crippen LogP contribution in [0.3, 0.4) is 0 Å². The number of hydrogen-bond acceptors (Lipinski definition) is 4. The highest BCUT2D eigenvalue weighted by atomic mass is 32.1. The van der Waals surface area contributed by atoms with Crippen molar-refractivity contribution in [1.82, 2.24) is 14.9 Å². The van der Waals surface area contributed by atoms with Gasteiger partial charge >= 0.3 is 0 Å². The summed E-state index contributed by atoms with van der Waals surface area (Å²) in [5.74, 6) is 1.49. The van der Waals surface area contributed by atoms with Gasteiger partial charge in [-0.1, -0.05) is 33.8 Å². The molecule has 0 fully saturated rings. The lowest BCUT2D eigenvalue weighted by Crippen LogP contribution is -2.38. The van der Waals surface area contributed by atoms with Crippen LogP contribution in [0, 0.1) is 5.92 Å². The third-order valence-electron chi connectivity index (χ3n) is 5.70. The lowest BCUT2D eigenvalue weighted by Gasteiger charge is -2.20. The minimum absolute atomic E-state index is 0.00436. The predicted molar refractivity (Wildman–Crippen MR) is 129 cm³/mol. The van der Waals surface area contributed by atoms with E-state index in [1.165, 1.54) is 4.88 Å². The van der Waals surface area contributed by atoms with Crippen molar-refractivity contribution in [2.24, 2.45) is 5.92 Å². The lowest BCUT2D eigenvalue weighted by atomic mass is 10.0. The van der Waals surface area contributed by atoms with Gasteiger partial charge in [0.15, 0.2) is 0 Å². The van der Waals surface area contributed by atoms with Gasteiger partial charge in [0.1, 0.15) is 5.82 Å². The van der Waals surface area contributed by atoms with Crippen molar-refractivity contribution in [2.45, 2.75) is 65.5 Å². The summed E-state index contributed by atoms with van der Waals surface area (Å²) in [6.07, 6.45) is 3.80. The molecule has 0 saturated carbocycles. The van der Waals surface area contributed by atoms with Crippen molar-refractivity contribution in [3.05, 3.63) is 52.0 Å². The molecular formula is C25H35N3O2S. The number of carbonyl (C=O) groups is 1. The van der Waals surface area contributed by atoms with Crippen LogP contribution in [-0.4, -0.2) is 35.2 Å². The molecule has 0 spiro atoms. The fraction of sp³-hybridized carbons (Fsp3) is 0.520. The van der Waals surface area contributed by atoms with E-state index >= 15 is 0 Å². The van der Waals surface area contributed by atoms with Gasteiger partial charge in [-0.15, -0.1) is 11.3 Å². The first kappa shape index (κ1) is 23.5. The quantitative estimate of drug-likeness (QED) is 0.407. The second-order valence-corrected chi connectivity index (χ2v) is 9.62. The van der Waals surface area contributed by atoms with Crippen LogP contribution in [-0.2, 0) is 11.2 Å².